The van der Waals surface area contributed by atoms with Crippen LogP contribution in [0.4, 0.5) is 17.2 Å². The number of nitrogens with zero attached hydrogens (tertiary/aromatic N) is 3. The lowest BCUT2D eigenvalue weighted by atomic mass is 9.92. The lowest BCUT2D eigenvalue weighted by Crippen LogP contribution is -2.11. The fourth-order valence-corrected chi connectivity index (χ4v) is 2.14. The second-order valence-corrected chi connectivity index (χ2v) is 6.14. The predicted octanol–water partition coefficient (Wildman–Crippen LogP) is 3.35. The average molecular weight is 281 g/mol. The molecule has 5 heteroatoms. The smallest absolute Gasteiger partial charge is 0.156 e. The summed E-state index contributed by atoms with van der Waals surface area (Å²) >= 11 is 0. The summed E-state index contributed by atoms with van der Waals surface area (Å²) in [4.78, 5) is 4.41. The first kappa shape index (κ1) is 13.4. The molecule has 0 fully saturated rings. The molecule has 5 nitrogen and oxygen atoms in total. The maximum absolute atomic E-state index is 5.81. The van der Waals surface area contributed by atoms with Crippen LogP contribution in [0.2, 0.25) is 0 Å². The third kappa shape index (κ3) is 2.67. The van der Waals surface area contributed by atoms with Gasteiger partial charge in [-0.15, -0.1) is 0 Å². The summed E-state index contributed by atoms with van der Waals surface area (Å²) in [6, 6.07) is 9.68. The molecule has 2 heterocycles. The molecule has 21 heavy (non-hydrogen) atoms. The van der Waals surface area contributed by atoms with E-state index in [-0.39, 0.29) is 5.41 Å². The molecule has 0 radical (unpaired) electrons. The van der Waals surface area contributed by atoms with E-state index in [1.54, 1.807) is 6.20 Å². The minimum Gasteiger partial charge on any atom is -0.399 e. The zero-order valence-corrected chi connectivity index (χ0v) is 12.5. The molecule has 0 atom stereocenters. The topological polar surface area (TPSA) is 68.2 Å². The molecule has 3 N–H and O–H groups in total. The molecule has 0 bridgehead atoms. The van der Waals surface area contributed by atoms with Gasteiger partial charge in [0.05, 0.1) is 5.69 Å². The van der Waals surface area contributed by atoms with Crippen LogP contribution in [-0.4, -0.2) is 14.6 Å². The fourth-order valence-electron chi connectivity index (χ4n) is 2.14. The Bertz CT molecular complexity index is 783. The summed E-state index contributed by atoms with van der Waals surface area (Å²) in [5.41, 5.74) is 9.42. The lowest BCUT2D eigenvalue weighted by Gasteiger charge is -2.13. The summed E-state index contributed by atoms with van der Waals surface area (Å²) in [5.74, 6) is 0.770. The van der Waals surface area contributed by atoms with Crippen LogP contribution in [0.3, 0.4) is 0 Å². The van der Waals surface area contributed by atoms with E-state index >= 15 is 0 Å². The van der Waals surface area contributed by atoms with Gasteiger partial charge in [-0.25, -0.2) is 9.50 Å². The largest absolute Gasteiger partial charge is 0.399 e. The van der Waals surface area contributed by atoms with Crippen molar-refractivity contribution in [3.63, 3.8) is 0 Å². The van der Waals surface area contributed by atoms with Crippen molar-refractivity contribution in [2.75, 3.05) is 11.1 Å². The third-order valence-corrected chi connectivity index (χ3v) is 3.31. The fraction of sp³-hybridized carbons (Fsp3) is 0.250. The standard InChI is InChI=1S/C16H19N5/c1-16(2,3)14-10-13-15(18-7-8-21(13)20-14)19-12-6-4-5-11(17)9-12/h4-10H,17H2,1-3H3,(H,18,19). The minimum atomic E-state index is 0.000461. The Balaban J connectivity index is 2.04. The number of fused-ring (bicyclic) bond motifs is 1. The number of benzene rings is 1. The van der Waals surface area contributed by atoms with Gasteiger partial charge in [-0.2, -0.15) is 5.10 Å². The van der Waals surface area contributed by atoms with Gasteiger partial charge in [-0.05, 0) is 24.3 Å². The van der Waals surface area contributed by atoms with Gasteiger partial charge in [0.1, 0.15) is 5.52 Å². The van der Waals surface area contributed by atoms with Crippen LogP contribution in [0.15, 0.2) is 42.7 Å². The van der Waals surface area contributed by atoms with Gasteiger partial charge in [0, 0.05) is 29.2 Å². The molecular weight excluding hydrogens is 262 g/mol. The highest BCUT2D eigenvalue weighted by molar-refractivity contribution is 5.74. The van der Waals surface area contributed by atoms with E-state index < -0.39 is 0 Å². The SMILES string of the molecule is CC(C)(C)c1cc2c(Nc3cccc(N)c3)nccn2n1. The molecule has 0 aliphatic rings. The second kappa shape index (κ2) is 4.77. The molecule has 3 aromatic rings. The Morgan fingerprint density at radius 1 is 1.19 bits per heavy atom. The first-order valence-electron chi connectivity index (χ1n) is 6.91. The Morgan fingerprint density at radius 3 is 2.71 bits per heavy atom. The number of nitrogens with one attached hydrogen (secondary N) is 1. The van der Waals surface area contributed by atoms with Crippen LogP contribution in [0, 0.1) is 0 Å². The second-order valence-electron chi connectivity index (χ2n) is 6.14. The van der Waals surface area contributed by atoms with Crippen molar-refractivity contribution in [1.82, 2.24) is 14.6 Å². The van der Waals surface area contributed by atoms with Gasteiger partial charge in [0.25, 0.3) is 0 Å². The summed E-state index contributed by atoms with van der Waals surface area (Å²) < 4.78 is 1.85. The number of rotatable bonds is 2. The number of hydrogen-bond acceptors (Lipinski definition) is 4. The molecule has 0 unspecified atom stereocenters. The molecule has 0 amide bonds. The summed E-state index contributed by atoms with van der Waals surface area (Å²) in [7, 11) is 0. The van der Waals surface area contributed by atoms with Crippen LogP contribution < -0.4 is 11.1 Å². The summed E-state index contributed by atoms with van der Waals surface area (Å²) in [5, 5.41) is 7.92. The van der Waals surface area contributed by atoms with E-state index in [9.17, 15) is 0 Å². The highest BCUT2D eigenvalue weighted by atomic mass is 15.2. The van der Waals surface area contributed by atoms with Crippen molar-refractivity contribution in [2.45, 2.75) is 26.2 Å². The Kier molecular flexibility index (Phi) is 3.05. The van der Waals surface area contributed by atoms with Crippen LogP contribution in [0.25, 0.3) is 5.52 Å². The molecule has 2 aromatic heterocycles. The number of hydrogen-bond donors (Lipinski definition) is 2. The van der Waals surface area contributed by atoms with Crippen LogP contribution in [-0.2, 0) is 5.41 Å². The van der Waals surface area contributed by atoms with Gasteiger partial charge in [0.2, 0.25) is 0 Å². The lowest BCUT2D eigenvalue weighted by molar-refractivity contribution is 0.562. The van der Waals surface area contributed by atoms with Gasteiger partial charge < -0.3 is 11.1 Å². The van der Waals surface area contributed by atoms with Crippen LogP contribution in [0.5, 0.6) is 0 Å². The molecule has 0 saturated carbocycles. The van der Waals surface area contributed by atoms with Crippen molar-refractivity contribution < 1.29 is 0 Å². The first-order chi connectivity index (χ1) is 9.93. The Morgan fingerprint density at radius 2 is 2.00 bits per heavy atom. The summed E-state index contributed by atoms with van der Waals surface area (Å²) in [6.07, 6.45) is 3.59. The number of nitrogens with two attached hydrogens (primary N) is 1. The number of aromatic nitrogens is 3. The highest BCUT2D eigenvalue weighted by Gasteiger charge is 2.19. The van der Waals surface area contributed by atoms with Crippen molar-refractivity contribution in [3.8, 4) is 0 Å². The predicted molar refractivity (Wildman–Crippen MR) is 85.8 cm³/mol. The molecule has 0 aliphatic heterocycles. The van der Waals surface area contributed by atoms with Crippen LogP contribution >= 0.6 is 0 Å². The van der Waals surface area contributed by atoms with E-state index in [4.69, 9.17) is 5.73 Å². The van der Waals surface area contributed by atoms with Crippen molar-refractivity contribution >= 4 is 22.7 Å². The van der Waals surface area contributed by atoms with Crippen molar-refractivity contribution in [2.24, 2.45) is 0 Å². The molecule has 0 saturated heterocycles. The van der Waals surface area contributed by atoms with E-state index in [2.05, 4.69) is 42.2 Å². The average Bonchev–Trinajstić information content (AvgIpc) is 2.84. The molecule has 0 aliphatic carbocycles. The first-order valence-corrected chi connectivity index (χ1v) is 6.91. The Hall–Kier alpha value is -2.56. The monoisotopic (exact) mass is 281 g/mol. The van der Waals surface area contributed by atoms with Crippen LogP contribution in [0.1, 0.15) is 26.5 Å². The number of anilines is 3. The van der Waals surface area contributed by atoms with E-state index in [0.717, 1.165) is 28.4 Å². The van der Waals surface area contributed by atoms with E-state index in [0.29, 0.717) is 0 Å². The van der Waals surface area contributed by atoms with Crippen molar-refractivity contribution in [3.05, 3.63) is 48.4 Å². The van der Waals surface area contributed by atoms with E-state index in [1.165, 1.54) is 0 Å². The molecule has 3 rings (SSSR count). The van der Waals surface area contributed by atoms with Crippen molar-refractivity contribution in [1.29, 1.82) is 0 Å². The minimum absolute atomic E-state index is 0.000461. The zero-order valence-electron chi connectivity index (χ0n) is 12.5. The summed E-state index contributed by atoms with van der Waals surface area (Å²) in [6.45, 7) is 6.44. The maximum Gasteiger partial charge on any atom is 0.156 e. The van der Waals surface area contributed by atoms with E-state index in [1.807, 2.05) is 35.0 Å². The molecule has 1 aromatic carbocycles. The quantitative estimate of drug-likeness (QED) is 0.707. The van der Waals surface area contributed by atoms with Gasteiger partial charge in [-0.1, -0.05) is 26.8 Å². The van der Waals surface area contributed by atoms with Gasteiger partial charge in [-0.3, -0.25) is 0 Å². The zero-order chi connectivity index (χ0) is 15.0. The van der Waals surface area contributed by atoms with Gasteiger partial charge in [0.15, 0.2) is 5.82 Å². The molecule has 0 spiro atoms. The molecular formula is C16H19N5. The highest BCUT2D eigenvalue weighted by Crippen LogP contribution is 2.26. The van der Waals surface area contributed by atoms with Gasteiger partial charge >= 0.3 is 0 Å². The Labute approximate surface area is 123 Å². The number of nitrogen functional groups attached to an aromatic ring is 1. The maximum atomic E-state index is 5.81. The molecule has 108 valence electrons. The third-order valence-electron chi connectivity index (χ3n) is 3.31. The normalized spacial score (nSPS) is 11.8.